The van der Waals surface area contributed by atoms with Gasteiger partial charge >= 0.3 is 0 Å². The van der Waals surface area contributed by atoms with E-state index in [1.54, 1.807) is 26.4 Å². The molecule has 1 fully saturated rings. The van der Waals surface area contributed by atoms with Gasteiger partial charge in [-0.3, -0.25) is 19.8 Å². The molecule has 178 valence electrons. The molecule has 1 atom stereocenters. The highest BCUT2D eigenvalue weighted by molar-refractivity contribution is 5.96. The van der Waals surface area contributed by atoms with Crippen LogP contribution in [0.25, 0.3) is 0 Å². The molecule has 9 heteroatoms. The van der Waals surface area contributed by atoms with Crippen molar-refractivity contribution in [3.8, 4) is 5.75 Å². The highest BCUT2D eigenvalue weighted by Gasteiger charge is 2.28. The zero-order chi connectivity index (χ0) is 24.1. The summed E-state index contributed by atoms with van der Waals surface area (Å²) in [7, 11) is 1.65. The van der Waals surface area contributed by atoms with Gasteiger partial charge in [0.25, 0.3) is 11.6 Å². The first-order valence-electron chi connectivity index (χ1n) is 11.2. The molecule has 0 aliphatic carbocycles. The van der Waals surface area contributed by atoms with Crippen LogP contribution < -0.4 is 15.0 Å². The molecule has 2 heterocycles. The highest BCUT2D eigenvalue weighted by atomic mass is 16.6. The van der Waals surface area contributed by atoms with E-state index in [0.717, 1.165) is 43.4 Å². The van der Waals surface area contributed by atoms with Crippen molar-refractivity contribution >= 4 is 17.3 Å². The van der Waals surface area contributed by atoms with Crippen LogP contribution in [-0.2, 0) is 0 Å². The van der Waals surface area contributed by atoms with E-state index in [1.165, 1.54) is 12.1 Å². The van der Waals surface area contributed by atoms with E-state index in [4.69, 9.17) is 9.15 Å². The molecule has 1 aliphatic heterocycles. The van der Waals surface area contributed by atoms with Gasteiger partial charge in [0.05, 0.1) is 24.3 Å². The second-order valence-electron chi connectivity index (χ2n) is 8.17. The summed E-state index contributed by atoms with van der Waals surface area (Å²) >= 11 is 0. The largest absolute Gasteiger partial charge is 0.497 e. The van der Waals surface area contributed by atoms with Crippen molar-refractivity contribution in [2.45, 2.75) is 13.0 Å². The number of nitrogens with one attached hydrogen (secondary N) is 1. The minimum atomic E-state index is -0.472. The number of hydrogen-bond acceptors (Lipinski definition) is 7. The van der Waals surface area contributed by atoms with Crippen molar-refractivity contribution in [3.05, 3.63) is 87.9 Å². The predicted octanol–water partition coefficient (Wildman–Crippen LogP) is 3.80. The van der Waals surface area contributed by atoms with E-state index in [9.17, 15) is 14.9 Å². The Hall–Kier alpha value is -3.85. The molecule has 1 aliphatic rings. The van der Waals surface area contributed by atoms with Gasteiger partial charge in [0.1, 0.15) is 11.5 Å². The summed E-state index contributed by atoms with van der Waals surface area (Å²) in [5.41, 5.74) is 1.73. The number of ether oxygens (including phenoxy) is 1. The Labute approximate surface area is 198 Å². The Morgan fingerprint density at radius 3 is 2.47 bits per heavy atom. The standard InChI is InChI=1S/C25H28N4O5/c1-18-21(5-3-6-22(18)29(31)32)25(30)26-17-23(24-7-4-16-34-24)28-14-12-27(13-15-28)19-8-10-20(33-2)11-9-19/h3-11,16,23H,12-15,17H2,1-2H3,(H,26,30). The molecule has 0 bridgehead atoms. The maximum Gasteiger partial charge on any atom is 0.273 e. The van der Waals surface area contributed by atoms with Crippen LogP contribution in [0.1, 0.15) is 27.7 Å². The van der Waals surface area contributed by atoms with Crippen LogP contribution in [0.15, 0.2) is 65.3 Å². The van der Waals surface area contributed by atoms with Gasteiger partial charge in [-0.1, -0.05) is 6.07 Å². The third kappa shape index (κ3) is 5.04. The highest BCUT2D eigenvalue weighted by Crippen LogP contribution is 2.26. The number of furan rings is 1. The van der Waals surface area contributed by atoms with Gasteiger partial charge in [-0.15, -0.1) is 0 Å². The third-order valence-electron chi connectivity index (χ3n) is 6.27. The maximum atomic E-state index is 12.9. The van der Waals surface area contributed by atoms with E-state index >= 15 is 0 Å². The lowest BCUT2D eigenvalue weighted by Crippen LogP contribution is -2.49. The van der Waals surface area contributed by atoms with E-state index in [-0.39, 0.29) is 17.6 Å². The van der Waals surface area contributed by atoms with Gasteiger partial charge in [-0.25, -0.2) is 0 Å². The molecule has 1 amide bonds. The molecule has 4 rings (SSSR count). The van der Waals surface area contributed by atoms with Crippen LogP contribution in [0.5, 0.6) is 5.75 Å². The number of nitro groups is 1. The van der Waals surface area contributed by atoms with Crippen molar-refractivity contribution < 1.29 is 18.9 Å². The molecule has 1 saturated heterocycles. The van der Waals surface area contributed by atoms with E-state index in [2.05, 4.69) is 27.2 Å². The number of methoxy groups -OCH3 is 1. The maximum absolute atomic E-state index is 12.9. The van der Waals surface area contributed by atoms with Gasteiger partial charge in [0, 0.05) is 55.6 Å². The number of nitrogens with zero attached hydrogens (tertiary/aromatic N) is 3. The van der Waals surface area contributed by atoms with Crippen LogP contribution >= 0.6 is 0 Å². The first-order chi connectivity index (χ1) is 16.5. The number of carbonyl (C=O) groups is 1. The molecule has 1 aromatic heterocycles. The average molecular weight is 465 g/mol. The normalized spacial score (nSPS) is 15.1. The van der Waals surface area contributed by atoms with Crippen LogP contribution in [0, 0.1) is 17.0 Å². The second kappa shape index (κ2) is 10.4. The monoisotopic (exact) mass is 464 g/mol. The molecule has 3 aromatic rings. The van der Waals surface area contributed by atoms with Crippen molar-refractivity contribution in [1.29, 1.82) is 0 Å². The third-order valence-corrected chi connectivity index (χ3v) is 6.27. The van der Waals surface area contributed by atoms with Crippen LogP contribution in [-0.4, -0.2) is 55.6 Å². The lowest BCUT2D eigenvalue weighted by atomic mass is 10.1. The summed E-state index contributed by atoms with van der Waals surface area (Å²) in [6, 6.07) is 16.2. The van der Waals surface area contributed by atoms with E-state index < -0.39 is 4.92 Å². The number of amides is 1. The molecular weight excluding hydrogens is 436 g/mol. The summed E-state index contributed by atoms with van der Waals surface area (Å²) in [5, 5.41) is 14.2. The fourth-order valence-corrected chi connectivity index (χ4v) is 4.33. The fourth-order valence-electron chi connectivity index (χ4n) is 4.33. The van der Waals surface area contributed by atoms with Crippen molar-refractivity contribution in [1.82, 2.24) is 10.2 Å². The summed E-state index contributed by atoms with van der Waals surface area (Å²) in [6.45, 7) is 5.18. The zero-order valence-corrected chi connectivity index (χ0v) is 19.3. The molecule has 34 heavy (non-hydrogen) atoms. The second-order valence-corrected chi connectivity index (χ2v) is 8.17. The zero-order valence-electron chi connectivity index (χ0n) is 19.3. The Morgan fingerprint density at radius 1 is 1.12 bits per heavy atom. The number of rotatable bonds is 8. The van der Waals surface area contributed by atoms with Crippen LogP contribution in [0.4, 0.5) is 11.4 Å². The molecule has 1 N–H and O–H groups in total. The average Bonchev–Trinajstić information content (AvgIpc) is 3.39. The quantitative estimate of drug-likeness (QED) is 0.400. The number of benzene rings is 2. The Balaban J connectivity index is 1.43. The predicted molar refractivity (Wildman–Crippen MR) is 128 cm³/mol. The molecule has 0 radical (unpaired) electrons. The number of anilines is 1. The smallest absolute Gasteiger partial charge is 0.273 e. The minimum Gasteiger partial charge on any atom is -0.497 e. The Bertz CT molecular complexity index is 1120. The van der Waals surface area contributed by atoms with E-state index in [0.29, 0.717) is 17.7 Å². The van der Waals surface area contributed by atoms with Crippen molar-refractivity contribution in [3.63, 3.8) is 0 Å². The molecule has 0 spiro atoms. The molecule has 1 unspecified atom stereocenters. The number of nitro benzene ring substituents is 1. The summed E-state index contributed by atoms with van der Waals surface area (Å²) in [6.07, 6.45) is 1.63. The summed E-state index contributed by atoms with van der Waals surface area (Å²) < 4.78 is 10.9. The number of piperazine rings is 1. The van der Waals surface area contributed by atoms with Crippen LogP contribution in [0.3, 0.4) is 0 Å². The van der Waals surface area contributed by atoms with Gasteiger partial charge in [0.2, 0.25) is 0 Å². The lowest BCUT2D eigenvalue weighted by Gasteiger charge is -2.39. The number of carbonyl (C=O) groups excluding carboxylic acids is 1. The lowest BCUT2D eigenvalue weighted by molar-refractivity contribution is -0.385. The van der Waals surface area contributed by atoms with Crippen molar-refractivity contribution in [2.75, 3.05) is 44.7 Å². The number of hydrogen-bond donors (Lipinski definition) is 1. The van der Waals surface area contributed by atoms with E-state index in [1.807, 2.05) is 24.3 Å². The SMILES string of the molecule is COc1ccc(N2CCN(C(CNC(=O)c3cccc([N+](=O)[O-])c3C)c3ccco3)CC2)cc1. The summed E-state index contributed by atoms with van der Waals surface area (Å²) in [4.78, 5) is 28.3. The minimum absolute atomic E-state index is 0.0649. The molecule has 2 aromatic carbocycles. The Kier molecular flexibility index (Phi) is 7.12. The topological polar surface area (TPSA) is 101 Å². The first kappa shape index (κ1) is 23.3. The Morgan fingerprint density at radius 2 is 1.85 bits per heavy atom. The van der Waals surface area contributed by atoms with Crippen LogP contribution in [0.2, 0.25) is 0 Å². The first-order valence-corrected chi connectivity index (χ1v) is 11.2. The fraction of sp³-hybridized carbons (Fsp3) is 0.320. The van der Waals surface area contributed by atoms with Gasteiger partial charge in [-0.2, -0.15) is 0 Å². The molecule has 0 saturated carbocycles. The molecule has 9 nitrogen and oxygen atoms in total. The van der Waals surface area contributed by atoms with Crippen molar-refractivity contribution in [2.24, 2.45) is 0 Å². The van der Waals surface area contributed by atoms with Gasteiger partial charge in [-0.05, 0) is 49.4 Å². The van der Waals surface area contributed by atoms with Gasteiger partial charge in [0.15, 0.2) is 0 Å². The summed E-state index contributed by atoms with van der Waals surface area (Å²) in [5.74, 6) is 1.26. The van der Waals surface area contributed by atoms with Gasteiger partial charge < -0.3 is 19.4 Å². The molecular formula is C25H28N4O5.